The first-order chi connectivity index (χ1) is 24.5. The fraction of sp³-hybridized carbons (Fsp3) is 0.263. The van der Waals surface area contributed by atoms with Crippen LogP contribution in [0.1, 0.15) is 54.7 Å². The molecule has 3 heterocycles. The summed E-state index contributed by atoms with van der Waals surface area (Å²) in [5, 5.41) is 7.30. The number of nitrogens with zero attached hydrogens (tertiary/aromatic N) is 5. The third-order valence-corrected chi connectivity index (χ3v) is 8.53. The van der Waals surface area contributed by atoms with Crippen molar-refractivity contribution in [3.8, 4) is 22.4 Å². The second-order valence-corrected chi connectivity index (χ2v) is 13.0. The molecule has 5 aromatic rings. The van der Waals surface area contributed by atoms with E-state index in [1.54, 1.807) is 59.9 Å². The number of benzene rings is 3. The molecule has 2 aromatic heterocycles. The van der Waals surface area contributed by atoms with Crippen LogP contribution in [0.4, 0.5) is 15.9 Å². The van der Waals surface area contributed by atoms with Crippen LogP contribution in [0.5, 0.6) is 0 Å². The van der Waals surface area contributed by atoms with E-state index in [0.29, 0.717) is 83.4 Å². The van der Waals surface area contributed by atoms with Gasteiger partial charge in [0.25, 0.3) is 5.91 Å². The Morgan fingerprint density at radius 1 is 1.08 bits per heavy atom. The van der Waals surface area contributed by atoms with Crippen molar-refractivity contribution in [2.24, 2.45) is 5.10 Å². The summed E-state index contributed by atoms with van der Waals surface area (Å²) < 4.78 is 29.0. The molecule has 0 aliphatic carbocycles. The summed E-state index contributed by atoms with van der Waals surface area (Å²) in [5.74, 6) is -0.638. The lowest BCUT2D eigenvalue weighted by Gasteiger charge is -2.26. The molecule has 1 fully saturated rings. The first kappa shape index (κ1) is 34.9. The number of morpholine rings is 1. The Bertz CT molecular complexity index is 2120. The predicted octanol–water partition coefficient (Wildman–Crippen LogP) is 5.86. The molecule has 3 aromatic carbocycles. The van der Waals surface area contributed by atoms with E-state index in [1.807, 2.05) is 37.3 Å². The van der Waals surface area contributed by atoms with E-state index in [0.717, 1.165) is 5.56 Å². The molecule has 0 bridgehead atoms. The first-order valence-electron chi connectivity index (χ1n) is 16.4. The number of nitrogens with one attached hydrogen (secondary N) is 2. The molecule has 0 unspecified atom stereocenters. The molecular formula is C38H38FN7O5. The molecule has 0 radical (unpaired) electrons. The lowest BCUT2D eigenvalue weighted by Crippen LogP contribution is -2.40. The predicted molar refractivity (Wildman–Crippen MR) is 191 cm³/mol. The Hall–Kier alpha value is -5.95. The molecule has 12 nitrogen and oxygen atoms in total. The molecule has 1 saturated heterocycles. The Balaban J connectivity index is 1.44. The number of aromatic nitrogens is 3. The molecule has 13 heteroatoms. The maximum Gasteiger partial charge on any atom is 0.302 e. The van der Waals surface area contributed by atoms with Crippen molar-refractivity contribution in [2.75, 3.05) is 31.6 Å². The van der Waals surface area contributed by atoms with Crippen molar-refractivity contribution in [2.45, 2.75) is 39.7 Å². The Labute approximate surface area is 294 Å². The minimum absolute atomic E-state index is 0.0558. The number of rotatable bonds is 10. The van der Waals surface area contributed by atoms with E-state index in [4.69, 9.17) is 14.5 Å². The molecule has 1 aliphatic heterocycles. The van der Waals surface area contributed by atoms with Crippen LogP contribution in [0.3, 0.4) is 0 Å². The summed E-state index contributed by atoms with van der Waals surface area (Å²) in [5.41, 5.74) is 7.11. The average Bonchev–Trinajstić information content (AvgIpc) is 3.60. The highest BCUT2D eigenvalue weighted by molar-refractivity contribution is 5.95. The molecule has 262 valence electrons. The number of amides is 2. The third kappa shape index (κ3) is 7.78. The quantitative estimate of drug-likeness (QED) is 0.0804. The maximum absolute atomic E-state index is 16.3. The van der Waals surface area contributed by atoms with E-state index in [2.05, 4.69) is 20.8 Å². The van der Waals surface area contributed by atoms with Gasteiger partial charge in [-0.2, -0.15) is 5.10 Å². The Morgan fingerprint density at radius 3 is 2.53 bits per heavy atom. The molecule has 2 N–H and O–H groups in total. The topological polar surface area (TPSA) is 140 Å². The number of halogens is 1. The molecule has 51 heavy (non-hydrogen) atoms. The molecule has 2 amide bonds. The van der Waals surface area contributed by atoms with Crippen molar-refractivity contribution in [1.29, 1.82) is 0 Å². The normalized spacial score (nSPS) is 13.4. The number of fused-ring (bicyclic) bond motifs is 1. The number of carbonyl (C=O) groups excluding carboxylic acids is 3. The summed E-state index contributed by atoms with van der Waals surface area (Å²) in [6.45, 7) is 9.20. The highest BCUT2D eigenvalue weighted by Gasteiger charge is 2.24. The van der Waals surface area contributed by atoms with E-state index in [1.165, 1.54) is 19.2 Å². The van der Waals surface area contributed by atoms with E-state index >= 15 is 4.39 Å². The van der Waals surface area contributed by atoms with Crippen LogP contribution in [0.25, 0.3) is 28.0 Å². The van der Waals surface area contributed by atoms with Gasteiger partial charge in [-0.15, -0.1) is 0 Å². The van der Waals surface area contributed by atoms with Crippen molar-refractivity contribution >= 4 is 41.7 Å². The minimum atomic E-state index is -0.507. The molecule has 1 aliphatic rings. The summed E-state index contributed by atoms with van der Waals surface area (Å²) in [6.07, 6.45) is 7.05. The van der Waals surface area contributed by atoms with Gasteiger partial charge < -0.3 is 24.1 Å². The summed E-state index contributed by atoms with van der Waals surface area (Å²) >= 11 is 0. The van der Waals surface area contributed by atoms with E-state index in [-0.39, 0.29) is 23.5 Å². The standard InChI is InChI=1S/C38H38FN7O5/c1-24(48)51-22-31-29(6-5-7-30(31)34-26(20-41-42-23-47)18-27(19-32(34)39)38(2,3)4)33-21-46-13-12-40-36(46)35(44-33)43-28-10-8-25(9-11-28)37(49)45-14-16-50-17-15-45/h5-13,18-21,23H,14-17,22H2,1-4H3,(H,42,47)(H,43,44)/b41-20-. The fourth-order valence-electron chi connectivity index (χ4n) is 5.90. The number of hydrogen-bond acceptors (Lipinski definition) is 9. The van der Waals surface area contributed by atoms with Gasteiger partial charge in [0.2, 0.25) is 6.41 Å². The first-order valence-corrected chi connectivity index (χ1v) is 16.4. The smallest absolute Gasteiger partial charge is 0.302 e. The second-order valence-electron chi connectivity index (χ2n) is 13.0. The van der Waals surface area contributed by atoms with Crippen LogP contribution in [0, 0.1) is 5.82 Å². The van der Waals surface area contributed by atoms with Gasteiger partial charge in [0, 0.05) is 72.1 Å². The highest BCUT2D eigenvalue weighted by atomic mass is 19.1. The lowest BCUT2D eigenvalue weighted by atomic mass is 9.83. The largest absolute Gasteiger partial charge is 0.461 e. The van der Waals surface area contributed by atoms with Gasteiger partial charge in [-0.05, 0) is 52.9 Å². The van der Waals surface area contributed by atoms with Gasteiger partial charge in [0.1, 0.15) is 12.4 Å². The third-order valence-electron chi connectivity index (χ3n) is 8.53. The van der Waals surface area contributed by atoms with Crippen molar-refractivity contribution in [3.05, 3.63) is 101 Å². The van der Waals surface area contributed by atoms with Gasteiger partial charge in [-0.3, -0.25) is 14.4 Å². The van der Waals surface area contributed by atoms with Crippen LogP contribution in [0.2, 0.25) is 0 Å². The number of imidazole rings is 1. The van der Waals surface area contributed by atoms with E-state index in [9.17, 15) is 14.4 Å². The monoisotopic (exact) mass is 691 g/mol. The van der Waals surface area contributed by atoms with Gasteiger partial charge in [-0.25, -0.2) is 19.8 Å². The van der Waals surface area contributed by atoms with Crippen molar-refractivity contribution < 1.29 is 28.2 Å². The second kappa shape index (κ2) is 14.9. The number of esters is 1. The number of carbonyl (C=O) groups is 3. The van der Waals surface area contributed by atoms with Crippen LogP contribution in [-0.2, 0) is 31.1 Å². The zero-order valence-electron chi connectivity index (χ0n) is 28.8. The zero-order valence-corrected chi connectivity index (χ0v) is 28.8. The average molecular weight is 692 g/mol. The highest BCUT2D eigenvalue weighted by Crippen LogP contribution is 2.38. The Morgan fingerprint density at radius 2 is 1.82 bits per heavy atom. The molecule has 6 rings (SSSR count). The maximum atomic E-state index is 16.3. The van der Waals surface area contributed by atoms with Gasteiger partial charge in [0.05, 0.1) is 25.1 Å². The summed E-state index contributed by atoms with van der Waals surface area (Å²) in [7, 11) is 0. The van der Waals surface area contributed by atoms with Gasteiger partial charge in [-0.1, -0.05) is 39.0 Å². The van der Waals surface area contributed by atoms with Crippen LogP contribution in [0.15, 0.2) is 78.3 Å². The van der Waals surface area contributed by atoms with Crippen LogP contribution in [-0.4, -0.2) is 70.1 Å². The van der Waals surface area contributed by atoms with E-state index < -0.39 is 11.8 Å². The van der Waals surface area contributed by atoms with Gasteiger partial charge in [0.15, 0.2) is 11.5 Å². The molecule has 0 atom stereocenters. The molecule has 0 saturated carbocycles. The van der Waals surface area contributed by atoms with Crippen molar-refractivity contribution in [3.63, 3.8) is 0 Å². The van der Waals surface area contributed by atoms with Crippen LogP contribution < -0.4 is 10.7 Å². The number of hydrazone groups is 1. The Kier molecular flexibility index (Phi) is 10.2. The lowest BCUT2D eigenvalue weighted by molar-refractivity contribution is -0.142. The summed E-state index contributed by atoms with van der Waals surface area (Å²) in [4.78, 5) is 47.3. The molecular weight excluding hydrogens is 653 g/mol. The number of hydrogen-bond donors (Lipinski definition) is 2. The SMILES string of the molecule is CC(=O)OCc1c(-c2cn3ccnc3c(Nc3ccc(C(=O)N4CCOCC4)cc3)n2)cccc1-c1c(F)cc(C(C)(C)C)cc1/C=N\NC=O. The van der Waals surface area contributed by atoms with Crippen molar-refractivity contribution in [1.82, 2.24) is 24.7 Å². The fourth-order valence-corrected chi connectivity index (χ4v) is 5.90. The number of anilines is 2. The summed E-state index contributed by atoms with van der Waals surface area (Å²) in [6, 6.07) is 15.8. The molecule has 0 spiro atoms. The minimum Gasteiger partial charge on any atom is -0.461 e. The van der Waals surface area contributed by atoms with Crippen LogP contribution >= 0.6 is 0 Å². The number of ether oxygens (including phenoxy) is 2. The van der Waals surface area contributed by atoms with Gasteiger partial charge >= 0.3 is 5.97 Å². The zero-order chi connectivity index (χ0) is 36.1.